The Hall–Kier alpha value is -4.16. The van der Waals surface area contributed by atoms with Crippen molar-refractivity contribution in [2.75, 3.05) is 51.2 Å². The van der Waals surface area contributed by atoms with Crippen molar-refractivity contribution in [3.63, 3.8) is 0 Å². The molecule has 0 unspecified atom stereocenters. The molecule has 4 heterocycles. The van der Waals surface area contributed by atoms with E-state index in [1.54, 1.807) is 11.1 Å². The molecule has 1 N–H and O–H groups in total. The van der Waals surface area contributed by atoms with Crippen molar-refractivity contribution in [2.24, 2.45) is 5.41 Å². The second-order valence-corrected chi connectivity index (χ2v) is 12.5. The molecule has 0 atom stereocenters. The van der Waals surface area contributed by atoms with Gasteiger partial charge in [0, 0.05) is 81.1 Å². The first-order valence-corrected chi connectivity index (χ1v) is 17.9. The molecule has 6 rings (SSSR count). The summed E-state index contributed by atoms with van der Waals surface area (Å²) in [5, 5.41) is 3.24. The third-order valence-electron chi connectivity index (χ3n) is 9.07. The largest absolute Gasteiger partial charge is 0.490 e. The summed E-state index contributed by atoms with van der Waals surface area (Å²) in [5.41, 5.74) is 2.73. The Morgan fingerprint density at radius 1 is 1.10 bits per heavy atom. The lowest BCUT2D eigenvalue weighted by Crippen LogP contribution is -2.65. The normalized spacial score (nSPS) is 15.8. The van der Waals surface area contributed by atoms with E-state index in [0.717, 1.165) is 70.0 Å². The van der Waals surface area contributed by atoms with Gasteiger partial charge in [0.1, 0.15) is 36.5 Å². The van der Waals surface area contributed by atoms with E-state index in [1.165, 1.54) is 30.1 Å². The molecule has 50 heavy (non-hydrogen) atoms. The number of pyridine rings is 1. The molecule has 1 saturated carbocycles. The maximum absolute atomic E-state index is 14.3. The van der Waals surface area contributed by atoms with Gasteiger partial charge < -0.3 is 29.4 Å². The summed E-state index contributed by atoms with van der Waals surface area (Å²) in [7, 11) is 1.99. The zero-order chi connectivity index (χ0) is 36.8. The van der Waals surface area contributed by atoms with Gasteiger partial charge in [0.15, 0.2) is 11.6 Å². The Morgan fingerprint density at radius 3 is 2.48 bits per heavy atom. The molecule has 1 aromatic carbocycles. The number of fused-ring (bicyclic) bond motifs is 1. The van der Waals surface area contributed by atoms with Gasteiger partial charge in [0.2, 0.25) is 0 Å². The summed E-state index contributed by atoms with van der Waals surface area (Å²) in [6.07, 6.45) is 8.05. The molecule has 1 spiro atoms. The first kappa shape index (κ1) is 40.3. The number of benzene rings is 1. The minimum atomic E-state index is -0.491. The zero-order valence-corrected chi connectivity index (χ0v) is 31.2. The number of ether oxygens (including phenoxy) is 2. The van der Waals surface area contributed by atoms with E-state index in [2.05, 4.69) is 30.1 Å². The van der Waals surface area contributed by atoms with Crippen LogP contribution < -0.4 is 19.7 Å². The molecule has 3 aromatic rings. The van der Waals surface area contributed by atoms with Crippen LogP contribution in [-0.2, 0) is 17.8 Å². The second-order valence-electron chi connectivity index (χ2n) is 12.5. The van der Waals surface area contributed by atoms with Gasteiger partial charge in [-0.1, -0.05) is 27.7 Å². The summed E-state index contributed by atoms with van der Waals surface area (Å²) in [6, 6.07) is 6.01. The van der Waals surface area contributed by atoms with E-state index in [4.69, 9.17) is 14.3 Å². The Labute approximate surface area is 297 Å². The summed E-state index contributed by atoms with van der Waals surface area (Å²) in [5.74, 6) is 1.59. The molecule has 1 aliphatic carbocycles. The Kier molecular flexibility index (Phi) is 15.5. The molecule has 1 saturated heterocycles. The average Bonchev–Trinajstić information content (AvgIpc) is 3.11. The average molecular weight is 694 g/mol. The monoisotopic (exact) mass is 693 g/mol. The standard InChI is InChI=1S/C33H42FN7O3.2C2H6.CH2O/c1-5-41(22(2)3)32(42)25-14-23(34)6-7-28(25)44-30-17-36-21-38-31(30)40-19-33(20-40)15-24(16-33)43-29-8-10-37-27-9-12-39(13-11-35-4)18-26(27)29;3*1-2/h6-8,10,14,17,21-22,24,35H,5,9,11-13,15-16,18-20H2,1-4H3;2*1-2H3;1H2. The number of nitrogens with one attached hydrogen (secondary N) is 1. The number of carbonyl (C=O) groups excluding carboxylic acids is 2. The van der Waals surface area contributed by atoms with Crippen molar-refractivity contribution in [1.29, 1.82) is 0 Å². The number of likely N-dealkylation sites (N-methyl/N-ethyl adjacent to an activating group) is 1. The molecule has 1 amide bonds. The molecule has 0 radical (unpaired) electrons. The highest BCUT2D eigenvalue weighted by Gasteiger charge is 2.54. The van der Waals surface area contributed by atoms with Gasteiger partial charge in [0.25, 0.3) is 5.91 Å². The number of nitrogens with zero attached hydrogens (tertiary/aromatic N) is 6. The van der Waals surface area contributed by atoms with E-state index >= 15 is 0 Å². The van der Waals surface area contributed by atoms with E-state index < -0.39 is 5.82 Å². The molecule has 11 nitrogen and oxygen atoms in total. The van der Waals surface area contributed by atoms with Crippen molar-refractivity contribution in [3.05, 3.63) is 65.6 Å². The number of rotatable bonds is 11. The minimum absolute atomic E-state index is 0.0335. The van der Waals surface area contributed by atoms with Gasteiger partial charge in [0.05, 0.1) is 11.8 Å². The molecule has 0 bridgehead atoms. The van der Waals surface area contributed by atoms with Gasteiger partial charge in [-0.25, -0.2) is 14.4 Å². The second kappa shape index (κ2) is 19.3. The van der Waals surface area contributed by atoms with Crippen molar-refractivity contribution < 1.29 is 23.5 Å². The number of halogens is 1. The van der Waals surface area contributed by atoms with Gasteiger partial charge in [-0.15, -0.1) is 0 Å². The summed E-state index contributed by atoms with van der Waals surface area (Å²) in [4.78, 5) is 41.0. The number of hydrogen-bond donors (Lipinski definition) is 1. The van der Waals surface area contributed by atoms with E-state index in [1.807, 2.05) is 74.6 Å². The van der Waals surface area contributed by atoms with Crippen molar-refractivity contribution >= 4 is 18.5 Å². The van der Waals surface area contributed by atoms with Crippen LogP contribution >= 0.6 is 0 Å². The Morgan fingerprint density at radius 2 is 1.82 bits per heavy atom. The minimum Gasteiger partial charge on any atom is -0.490 e. The van der Waals surface area contributed by atoms with Gasteiger partial charge >= 0.3 is 0 Å². The van der Waals surface area contributed by atoms with Gasteiger partial charge in [-0.05, 0) is 64.9 Å². The highest BCUT2D eigenvalue weighted by Crippen LogP contribution is 2.52. The first-order chi connectivity index (χ1) is 24.3. The number of carbonyl (C=O) groups is 2. The summed E-state index contributed by atoms with van der Waals surface area (Å²) < 4.78 is 27.0. The van der Waals surface area contributed by atoms with Crippen LogP contribution in [0.3, 0.4) is 0 Å². The number of amides is 1. The van der Waals surface area contributed by atoms with Crippen LogP contribution in [0.2, 0.25) is 0 Å². The Balaban J connectivity index is 0.00000107. The fraction of sp³-hybridized carbons (Fsp3) is 0.553. The number of anilines is 1. The van der Waals surface area contributed by atoms with E-state index in [0.29, 0.717) is 18.1 Å². The topological polar surface area (TPSA) is 113 Å². The first-order valence-electron chi connectivity index (χ1n) is 17.9. The van der Waals surface area contributed by atoms with Gasteiger partial charge in [-0.3, -0.25) is 14.7 Å². The lowest BCUT2D eigenvalue weighted by atomic mass is 9.61. The Bertz CT molecular complexity index is 1510. The summed E-state index contributed by atoms with van der Waals surface area (Å²) >= 11 is 0. The highest BCUT2D eigenvalue weighted by atomic mass is 19.1. The van der Waals surface area contributed by atoms with E-state index in [-0.39, 0.29) is 34.8 Å². The highest BCUT2D eigenvalue weighted by molar-refractivity contribution is 5.97. The van der Waals surface area contributed by atoms with Crippen LogP contribution in [0, 0.1) is 11.2 Å². The molecular formula is C38H56FN7O4. The van der Waals surface area contributed by atoms with Crippen LogP contribution in [0.25, 0.3) is 0 Å². The number of aromatic nitrogens is 3. The lowest BCUT2D eigenvalue weighted by Gasteiger charge is -2.59. The van der Waals surface area contributed by atoms with Crippen molar-refractivity contribution in [1.82, 2.24) is 30.1 Å². The van der Waals surface area contributed by atoms with Crippen LogP contribution in [0.1, 0.15) is 82.9 Å². The molecule has 274 valence electrons. The van der Waals surface area contributed by atoms with Crippen LogP contribution in [0.5, 0.6) is 17.2 Å². The summed E-state index contributed by atoms with van der Waals surface area (Å²) in [6.45, 7) is 21.8. The van der Waals surface area contributed by atoms with Crippen molar-refractivity contribution in [3.8, 4) is 17.2 Å². The molecule has 2 aliphatic heterocycles. The molecule has 2 aromatic heterocycles. The third kappa shape index (κ3) is 9.33. The smallest absolute Gasteiger partial charge is 0.257 e. The fourth-order valence-corrected chi connectivity index (χ4v) is 6.77. The molecular weight excluding hydrogens is 637 g/mol. The van der Waals surface area contributed by atoms with Crippen LogP contribution in [0.15, 0.2) is 43.0 Å². The predicted octanol–water partition coefficient (Wildman–Crippen LogP) is 6.17. The van der Waals surface area contributed by atoms with Crippen LogP contribution in [-0.4, -0.2) is 95.9 Å². The quantitative estimate of drug-likeness (QED) is 0.250. The maximum atomic E-state index is 14.3. The molecule has 2 fully saturated rings. The molecule has 3 aliphatic rings. The molecule has 12 heteroatoms. The zero-order valence-electron chi connectivity index (χ0n) is 31.2. The predicted molar refractivity (Wildman–Crippen MR) is 196 cm³/mol. The maximum Gasteiger partial charge on any atom is 0.257 e. The fourth-order valence-electron chi connectivity index (χ4n) is 6.77. The van der Waals surface area contributed by atoms with E-state index in [9.17, 15) is 9.18 Å². The SMILES string of the molecule is C=O.CC.CC.CCN(C(=O)c1cc(F)ccc1Oc1cncnc1N1CC2(CC(Oc3ccnc4c3CN(CCNC)CC4)C2)C1)C(C)C. The van der Waals surface area contributed by atoms with Crippen molar-refractivity contribution in [2.45, 2.75) is 86.4 Å². The number of hydrogen-bond acceptors (Lipinski definition) is 10. The lowest BCUT2D eigenvalue weighted by molar-refractivity contribution is -0.0980. The third-order valence-corrected chi connectivity index (χ3v) is 9.07. The van der Waals surface area contributed by atoms with Crippen LogP contribution in [0.4, 0.5) is 10.2 Å². The van der Waals surface area contributed by atoms with Gasteiger partial charge in [-0.2, -0.15) is 0 Å².